The molecule has 4 aromatic rings. The Morgan fingerprint density at radius 1 is 1.16 bits per heavy atom. The zero-order valence-electron chi connectivity index (χ0n) is 16.4. The number of benzene rings is 1. The van der Waals surface area contributed by atoms with Gasteiger partial charge in [0.1, 0.15) is 11.5 Å². The maximum absolute atomic E-state index is 12.8. The molecule has 1 aromatic carbocycles. The minimum Gasteiger partial charge on any atom is -0.306 e. The number of hydrogen-bond acceptors (Lipinski definition) is 5. The number of thiophene rings is 1. The number of carbonyl (C=O) groups excluding carboxylic acids is 1. The van der Waals surface area contributed by atoms with E-state index in [1.165, 1.54) is 4.68 Å². The van der Waals surface area contributed by atoms with E-state index >= 15 is 0 Å². The number of aromatic nitrogens is 4. The Balaban J connectivity index is 1.58. The van der Waals surface area contributed by atoms with Gasteiger partial charge in [0, 0.05) is 21.7 Å². The number of anilines is 1. The Morgan fingerprint density at radius 2 is 1.97 bits per heavy atom. The van der Waals surface area contributed by atoms with Crippen LogP contribution in [0.4, 0.5) is 5.82 Å². The van der Waals surface area contributed by atoms with Gasteiger partial charge in [0.15, 0.2) is 0 Å². The number of nitrogens with one attached hydrogen (secondary N) is 2. The summed E-state index contributed by atoms with van der Waals surface area (Å²) in [6, 6.07) is 12.8. The molecule has 0 radical (unpaired) electrons. The summed E-state index contributed by atoms with van der Waals surface area (Å²) in [5.41, 5.74) is 2.63. The van der Waals surface area contributed by atoms with Crippen molar-refractivity contribution in [3.8, 4) is 16.5 Å². The second-order valence-corrected chi connectivity index (χ2v) is 9.15. The number of hydrogen-bond donors (Lipinski definition) is 2. The fourth-order valence-electron chi connectivity index (χ4n) is 3.66. The molecule has 156 valence electrons. The topological polar surface area (TPSA) is 92.7 Å². The van der Waals surface area contributed by atoms with Crippen LogP contribution in [-0.2, 0) is 12.8 Å². The van der Waals surface area contributed by atoms with Crippen LogP contribution >= 0.6 is 27.3 Å². The molecular weight excluding hydrogens is 478 g/mol. The summed E-state index contributed by atoms with van der Waals surface area (Å²) in [6.07, 6.45) is 3.52. The average molecular weight is 496 g/mol. The highest BCUT2D eigenvalue weighted by atomic mass is 79.9. The number of nitrogens with zero attached hydrogens (tertiary/aromatic N) is 3. The molecule has 7 nitrogen and oxygen atoms in total. The number of carbonyl (C=O) groups is 1. The predicted octanol–water partition coefficient (Wildman–Crippen LogP) is 4.58. The lowest BCUT2D eigenvalue weighted by Crippen LogP contribution is -2.24. The van der Waals surface area contributed by atoms with Gasteiger partial charge in [-0.15, -0.1) is 11.3 Å². The number of halogens is 1. The lowest BCUT2D eigenvalue weighted by atomic mass is 9.97. The molecule has 5 rings (SSSR count). The Morgan fingerprint density at radius 3 is 2.74 bits per heavy atom. The molecule has 1 aliphatic rings. The third-order valence-corrected chi connectivity index (χ3v) is 6.63. The number of amides is 1. The van der Waals surface area contributed by atoms with Crippen LogP contribution in [0.5, 0.6) is 0 Å². The third kappa shape index (κ3) is 3.98. The molecule has 3 aromatic heterocycles. The molecule has 9 heteroatoms. The van der Waals surface area contributed by atoms with Crippen molar-refractivity contribution >= 4 is 39.0 Å². The maximum Gasteiger partial charge on any atom is 0.256 e. The number of aryl methyl sites for hydroxylation is 1. The number of aromatic amines is 1. The van der Waals surface area contributed by atoms with Crippen LogP contribution in [0.2, 0.25) is 0 Å². The fourth-order valence-corrected chi connectivity index (χ4v) is 4.60. The average Bonchev–Trinajstić information content (AvgIpc) is 3.44. The van der Waals surface area contributed by atoms with Gasteiger partial charge in [-0.2, -0.15) is 9.78 Å². The van der Waals surface area contributed by atoms with Gasteiger partial charge in [0.25, 0.3) is 11.5 Å². The molecule has 0 saturated heterocycles. The van der Waals surface area contributed by atoms with Crippen LogP contribution in [-0.4, -0.2) is 25.7 Å². The zero-order valence-corrected chi connectivity index (χ0v) is 18.8. The van der Waals surface area contributed by atoms with Gasteiger partial charge in [-0.25, -0.2) is 4.98 Å². The molecule has 31 heavy (non-hydrogen) atoms. The minimum atomic E-state index is -0.272. The summed E-state index contributed by atoms with van der Waals surface area (Å²) >= 11 is 4.93. The Bertz CT molecular complexity index is 1310. The molecule has 0 bridgehead atoms. The summed E-state index contributed by atoms with van der Waals surface area (Å²) in [5, 5.41) is 9.53. The fraction of sp³-hybridized carbons (Fsp3) is 0.182. The lowest BCUT2D eigenvalue weighted by Gasteiger charge is -2.15. The summed E-state index contributed by atoms with van der Waals surface area (Å²) in [7, 11) is 0. The molecule has 0 aliphatic heterocycles. The van der Waals surface area contributed by atoms with Gasteiger partial charge >= 0.3 is 0 Å². The van der Waals surface area contributed by atoms with Gasteiger partial charge in [-0.1, -0.05) is 22.0 Å². The highest BCUT2D eigenvalue weighted by Gasteiger charge is 2.20. The molecule has 0 fully saturated rings. The molecule has 1 amide bonds. The van der Waals surface area contributed by atoms with Crippen molar-refractivity contribution in [2.75, 3.05) is 5.32 Å². The second kappa shape index (κ2) is 8.24. The van der Waals surface area contributed by atoms with Crippen molar-refractivity contribution in [1.29, 1.82) is 0 Å². The first-order valence-electron chi connectivity index (χ1n) is 9.92. The third-order valence-electron chi connectivity index (χ3n) is 5.21. The van der Waals surface area contributed by atoms with Crippen molar-refractivity contribution in [1.82, 2.24) is 19.7 Å². The Labute approximate surface area is 190 Å². The SMILES string of the molecule is O=C(Nc1cc(-c2cccs2)nn1-c1nc2c(c(=O)[nH]1)CCCC2)c1ccc(Br)cc1. The van der Waals surface area contributed by atoms with Crippen LogP contribution in [0.3, 0.4) is 0 Å². The van der Waals surface area contributed by atoms with Gasteiger partial charge < -0.3 is 5.32 Å². The van der Waals surface area contributed by atoms with Gasteiger partial charge in [-0.3, -0.25) is 14.6 Å². The Kier molecular flexibility index (Phi) is 5.29. The second-order valence-electron chi connectivity index (χ2n) is 7.29. The summed E-state index contributed by atoms with van der Waals surface area (Å²) in [5.74, 6) is 0.474. The smallest absolute Gasteiger partial charge is 0.256 e. The van der Waals surface area contributed by atoms with Crippen LogP contribution in [0.15, 0.2) is 57.1 Å². The van der Waals surface area contributed by atoms with Crippen molar-refractivity contribution in [2.45, 2.75) is 25.7 Å². The first kappa shape index (κ1) is 19.9. The van der Waals surface area contributed by atoms with Crippen molar-refractivity contribution in [3.05, 3.63) is 79.5 Å². The standard InChI is InChI=1S/C22H18BrN5O2S/c23-14-9-7-13(8-10-14)20(29)25-19-12-17(18-6-3-11-31-18)27-28(19)22-24-16-5-2-1-4-15(16)21(30)26-22/h3,6-12H,1-2,4-5H2,(H,25,29)(H,24,26,30). The van der Waals surface area contributed by atoms with E-state index in [2.05, 4.69) is 36.3 Å². The van der Waals surface area contributed by atoms with Gasteiger partial charge in [0.05, 0.1) is 10.6 Å². The normalized spacial score (nSPS) is 13.1. The van der Waals surface area contributed by atoms with E-state index in [9.17, 15) is 9.59 Å². The zero-order chi connectivity index (χ0) is 21.4. The molecule has 3 heterocycles. The van der Waals surface area contributed by atoms with Crippen LogP contribution in [0.1, 0.15) is 34.5 Å². The molecule has 0 unspecified atom stereocenters. The molecule has 0 atom stereocenters. The lowest BCUT2D eigenvalue weighted by molar-refractivity contribution is 0.102. The molecule has 2 N–H and O–H groups in total. The Hall–Kier alpha value is -3.04. The van der Waals surface area contributed by atoms with E-state index in [1.54, 1.807) is 29.5 Å². The highest BCUT2D eigenvalue weighted by molar-refractivity contribution is 9.10. The first-order valence-corrected chi connectivity index (χ1v) is 11.6. The van der Waals surface area contributed by atoms with Gasteiger partial charge in [-0.05, 0) is 61.4 Å². The number of rotatable bonds is 4. The van der Waals surface area contributed by atoms with Crippen molar-refractivity contribution in [2.24, 2.45) is 0 Å². The van der Waals surface area contributed by atoms with E-state index in [0.29, 0.717) is 23.0 Å². The molecule has 0 saturated carbocycles. The summed E-state index contributed by atoms with van der Waals surface area (Å²) in [6.45, 7) is 0. The largest absolute Gasteiger partial charge is 0.306 e. The first-order chi connectivity index (χ1) is 15.1. The summed E-state index contributed by atoms with van der Waals surface area (Å²) in [4.78, 5) is 34.0. The highest BCUT2D eigenvalue weighted by Crippen LogP contribution is 2.28. The van der Waals surface area contributed by atoms with Crippen molar-refractivity contribution < 1.29 is 4.79 Å². The molecule has 0 spiro atoms. The number of fused-ring (bicyclic) bond motifs is 1. The molecular formula is C22H18BrN5O2S. The van der Waals surface area contributed by atoms with Crippen LogP contribution in [0.25, 0.3) is 16.5 Å². The number of H-pyrrole nitrogens is 1. The predicted molar refractivity (Wildman–Crippen MR) is 124 cm³/mol. The van der Waals surface area contributed by atoms with Crippen molar-refractivity contribution in [3.63, 3.8) is 0 Å². The monoisotopic (exact) mass is 495 g/mol. The van der Waals surface area contributed by atoms with Crippen LogP contribution < -0.4 is 10.9 Å². The molecule has 1 aliphatic carbocycles. The summed E-state index contributed by atoms with van der Waals surface area (Å²) < 4.78 is 2.40. The van der Waals surface area contributed by atoms with E-state index in [0.717, 1.165) is 46.3 Å². The minimum absolute atomic E-state index is 0.141. The van der Waals surface area contributed by atoms with E-state index in [1.807, 2.05) is 29.6 Å². The van der Waals surface area contributed by atoms with E-state index < -0.39 is 0 Å². The van der Waals surface area contributed by atoms with Gasteiger partial charge in [0.2, 0.25) is 5.95 Å². The van der Waals surface area contributed by atoms with Crippen LogP contribution in [0, 0.1) is 0 Å². The quantitative estimate of drug-likeness (QED) is 0.433. The maximum atomic E-state index is 12.8. The van der Waals surface area contributed by atoms with E-state index in [-0.39, 0.29) is 11.5 Å². The van der Waals surface area contributed by atoms with E-state index in [4.69, 9.17) is 0 Å².